The summed E-state index contributed by atoms with van der Waals surface area (Å²) in [7, 11) is 0. The molecule has 0 N–H and O–H groups in total. The second-order valence-electron chi connectivity index (χ2n) is 5.30. The molecule has 1 aromatic rings. The number of amides is 1. The van der Waals surface area contributed by atoms with Gasteiger partial charge in [-0.05, 0) is 31.7 Å². The normalized spacial score (nSPS) is 15.9. The third kappa shape index (κ3) is 3.95. The van der Waals surface area contributed by atoms with E-state index in [1.165, 1.54) is 11.1 Å². The fourth-order valence-electron chi connectivity index (χ4n) is 2.60. The van der Waals surface area contributed by atoms with Crippen molar-refractivity contribution in [1.29, 1.82) is 0 Å². The molecule has 1 amide bonds. The standard InChI is InChI=1S/C17H23NO/c1-3-15-8-5-10-18(11-9-15)17(19)13-16-7-4-6-14(2)12-16/h4,6-8,12H,3,5,9-11,13H2,1-2H3. The van der Waals surface area contributed by atoms with Gasteiger partial charge in [0.2, 0.25) is 5.91 Å². The van der Waals surface area contributed by atoms with Crippen LogP contribution in [0.5, 0.6) is 0 Å². The van der Waals surface area contributed by atoms with Crippen molar-refractivity contribution in [1.82, 2.24) is 4.90 Å². The Balaban J connectivity index is 1.94. The van der Waals surface area contributed by atoms with Crippen molar-refractivity contribution in [2.24, 2.45) is 0 Å². The number of hydrogen-bond acceptors (Lipinski definition) is 1. The molecule has 1 aliphatic rings. The van der Waals surface area contributed by atoms with Crippen LogP contribution in [-0.2, 0) is 11.2 Å². The number of aryl methyl sites for hydroxylation is 1. The second-order valence-corrected chi connectivity index (χ2v) is 5.30. The van der Waals surface area contributed by atoms with Crippen molar-refractivity contribution in [2.45, 2.75) is 39.5 Å². The lowest BCUT2D eigenvalue weighted by Crippen LogP contribution is -2.33. The molecule has 0 radical (unpaired) electrons. The van der Waals surface area contributed by atoms with Gasteiger partial charge in [0.15, 0.2) is 0 Å². The first-order chi connectivity index (χ1) is 9.19. The molecule has 0 bridgehead atoms. The minimum Gasteiger partial charge on any atom is -0.342 e. The first-order valence-electron chi connectivity index (χ1n) is 7.20. The molecule has 0 spiro atoms. The highest BCUT2D eigenvalue weighted by Gasteiger charge is 2.15. The fourth-order valence-corrected chi connectivity index (χ4v) is 2.60. The van der Waals surface area contributed by atoms with Crippen molar-refractivity contribution in [3.63, 3.8) is 0 Å². The largest absolute Gasteiger partial charge is 0.342 e. The van der Waals surface area contributed by atoms with Crippen LogP contribution in [-0.4, -0.2) is 23.9 Å². The SMILES string of the molecule is CCC1=CCCN(C(=O)Cc2cccc(C)c2)CC1. The third-order valence-corrected chi connectivity index (χ3v) is 3.78. The van der Waals surface area contributed by atoms with Gasteiger partial charge in [-0.25, -0.2) is 0 Å². The maximum Gasteiger partial charge on any atom is 0.227 e. The summed E-state index contributed by atoms with van der Waals surface area (Å²) in [6.45, 7) is 6.01. The van der Waals surface area contributed by atoms with Gasteiger partial charge in [0.25, 0.3) is 0 Å². The van der Waals surface area contributed by atoms with Crippen LogP contribution in [0.1, 0.15) is 37.3 Å². The Bertz CT molecular complexity index is 476. The molecule has 0 aliphatic carbocycles. The first kappa shape index (κ1) is 13.9. The van der Waals surface area contributed by atoms with E-state index in [4.69, 9.17) is 0 Å². The second kappa shape index (κ2) is 6.55. The van der Waals surface area contributed by atoms with Gasteiger partial charge < -0.3 is 4.90 Å². The minimum absolute atomic E-state index is 0.261. The number of carbonyl (C=O) groups excluding carboxylic acids is 1. The number of rotatable bonds is 3. The van der Waals surface area contributed by atoms with E-state index in [0.717, 1.165) is 37.9 Å². The zero-order chi connectivity index (χ0) is 13.7. The van der Waals surface area contributed by atoms with E-state index in [-0.39, 0.29) is 5.91 Å². The topological polar surface area (TPSA) is 20.3 Å². The van der Waals surface area contributed by atoms with E-state index in [9.17, 15) is 4.79 Å². The van der Waals surface area contributed by atoms with Crippen LogP contribution in [0.15, 0.2) is 35.9 Å². The molecule has 1 heterocycles. The summed E-state index contributed by atoms with van der Waals surface area (Å²) < 4.78 is 0. The minimum atomic E-state index is 0.261. The predicted octanol–water partition coefficient (Wildman–Crippen LogP) is 3.50. The van der Waals surface area contributed by atoms with Gasteiger partial charge in [-0.1, -0.05) is 48.4 Å². The van der Waals surface area contributed by atoms with Crippen molar-refractivity contribution >= 4 is 5.91 Å². The van der Waals surface area contributed by atoms with E-state index in [2.05, 4.69) is 32.1 Å². The van der Waals surface area contributed by atoms with E-state index in [1.54, 1.807) is 0 Å². The number of benzene rings is 1. The van der Waals surface area contributed by atoms with Gasteiger partial charge in [-0.3, -0.25) is 4.79 Å². The van der Waals surface area contributed by atoms with Crippen molar-refractivity contribution in [2.75, 3.05) is 13.1 Å². The molecule has 0 aromatic heterocycles. The molecule has 0 saturated carbocycles. The maximum absolute atomic E-state index is 12.3. The van der Waals surface area contributed by atoms with E-state index in [1.807, 2.05) is 17.0 Å². The smallest absolute Gasteiger partial charge is 0.227 e. The first-order valence-corrected chi connectivity index (χ1v) is 7.20. The van der Waals surface area contributed by atoms with E-state index < -0.39 is 0 Å². The fraction of sp³-hybridized carbons (Fsp3) is 0.471. The molecule has 0 atom stereocenters. The summed E-state index contributed by atoms with van der Waals surface area (Å²) in [4.78, 5) is 14.3. The molecule has 1 aromatic carbocycles. The molecular weight excluding hydrogens is 234 g/mol. The molecule has 2 nitrogen and oxygen atoms in total. The summed E-state index contributed by atoms with van der Waals surface area (Å²) >= 11 is 0. The zero-order valence-electron chi connectivity index (χ0n) is 12.0. The molecule has 1 aliphatic heterocycles. The summed E-state index contributed by atoms with van der Waals surface area (Å²) in [5.74, 6) is 0.261. The predicted molar refractivity (Wildman–Crippen MR) is 79.1 cm³/mol. The average molecular weight is 257 g/mol. The maximum atomic E-state index is 12.3. The number of nitrogens with zero attached hydrogens (tertiary/aromatic N) is 1. The van der Waals surface area contributed by atoms with Crippen LogP contribution < -0.4 is 0 Å². The Kier molecular flexibility index (Phi) is 4.78. The molecule has 0 unspecified atom stereocenters. The van der Waals surface area contributed by atoms with Crippen LogP contribution in [0.2, 0.25) is 0 Å². The van der Waals surface area contributed by atoms with Gasteiger partial charge in [0.1, 0.15) is 0 Å². The number of hydrogen-bond donors (Lipinski definition) is 0. The highest BCUT2D eigenvalue weighted by Crippen LogP contribution is 2.15. The highest BCUT2D eigenvalue weighted by atomic mass is 16.2. The van der Waals surface area contributed by atoms with Crippen LogP contribution in [0.25, 0.3) is 0 Å². The monoisotopic (exact) mass is 257 g/mol. The van der Waals surface area contributed by atoms with Crippen LogP contribution in [0.3, 0.4) is 0 Å². The molecule has 2 heteroatoms. The van der Waals surface area contributed by atoms with Crippen LogP contribution in [0.4, 0.5) is 0 Å². The Morgan fingerprint density at radius 2 is 2.16 bits per heavy atom. The molecule has 0 saturated heterocycles. The Labute approximate surface area is 116 Å². The van der Waals surface area contributed by atoms with Gasteiger partial charge in [-0.15, -0.1) is 0 Å². The average Bonchev–Trinajstić information content (AvgIpc) is 2.64. The van der Waals surface area contributed by atoms with E-state index >= 15 is 0 Å². The summed E-state index contributed by atoms with van der Waals surface area (Å²) in [5.41, 5.74) is 3.83. The molecule has 102 valence electrons. The van der Waals surface area contributed by atoms with Gasteiger partial charge in [-0.2, -0.15) is 0 Å². The molecule has 2 rings (SSSR count). The lowest BCUT2D eigenvalue weighted by atomic mass is 10.1. The van der Waals surface area contributed by atoms with E-state index in [0.29, 0.717) is 6.42 Å². The summed E-state index contributed by atoms with van der Waals surface area (Å²) in [6, 6.07) is 8.23. The summed E-state index contributed by atoms with van der Waals surface area (Å²) in [5, 5.41) is 0. The zero-order valence-corrected chi connectivity index (χ0v) is 12.0. The quantitative estimate of drug-likeness (QED) is 0.759. The highest BCUT2D eigenvalue weighted by molar-refractivity contribution is 5.78. The summed E-state index contributed by atoms with van der Waals surface area (Å²) in [6.07, 6.45) is 5.99. The van der Waals surface area contributed by atoms with Crippen molar-refractivity contribution in [3.05, 3.63) is 47.0 Å². The lowest BCUT2D eigenvalue weighted by molar-refractivity contribution is -0.130. The lowest BCUT2D eigenvalue weighted by Gasteiger charge is -2.20. The Morgan fingerprint density at radius 1 is 1.32 bits per heavy atom. The van der Waals surface area contributed by atoms with Crippen molar-refractivity contribution in [3.8, 4) is 0 Å². The van der Waals surface area contributed by atoms with Crippen LogP contribution >= 0.6 is 0 Å². The number of carbonyl (C=O) groups is 1. The van der Waals surface area contributed by atoms with Crippen molar-refractivity contribution < 1.29 is 4.79 Å². The third-order valence-electron chi connectivity index (χ3n) is 3.78. The molecular formula is C17H23NO. The van der Waals surface area contributed by atoms with Gasteiger partial charge >= 0.3 is 0 Å². The molecule has 19 heavy (non-hydrogen) atoms. The van der Waals surface area contributed by atoms with Crippen LogP contribution in [0, 0.1) is 6.92 Å². The Hall–Kier alpha value is -1.57. The van der Waals surface area contributed by atoms with Gasteiger partial charge in [0.05, 0.1) is 6.42 Å². The molecule has 0 fully saturated rings. The van der Waals surface area contributed by atoms with Gasteiger partial charge in [0, 0.05) is 13.1 Å². The Morgan fingerprint density at radius 3 is 2.89 bits per heavy atom.